The standard InChI is InChI=1S/C15H20O4/c1-18-14-4-2-3-11(9-14)15(17)10-19-13-7-5-12(16)6-8-13/h2-4,9,13,15,17H,5-8,10H2,1H3. The smallest absolute Gasteiger partial charge is 0.133 e. The van der Waals surface area contributed by atoms with Crippen LogP contribution in [0.1, 0.15) is 37.4 Å². The number of benzene rings is 1. The zero-order valence-electron chi connectivity index (χ0n) is 11.2. The first-order valence-electron chi connectivity index (χ1n) is 6.64. The third-order valence-electron chi connectivity index (χ3n) is 3.46. The summed E-state index contributed by atoms with van der Waals surface area (Å²) in [6.45, 7) is 0.256. The SMILES string of the molecule is COc1cccc(C(O)COC2CCC(=O)CC2)c1. The molecular formula is C15H20O4. The number of carbonyl (C=O) groups is 1. The van der Waals surface area contributed by atoms with Gasteiger partial charge in [0.25, 0.3) is 0 Å². The average Bonchev–Trinajstić information content (AvgIpc) is 2.46. The van der Waals surface area contributed by atoms with Gasteiger partial charge in [0, 0.05) is 12.8 Å². The Balaban J connectivity index is 1.83. The Morgan fingerprint density at radius 1 is 1.37 bits per heavy atom. The van der Waals surface area contributed by atoms with Gasteiger partial charge in [-0.3, -0.25) is 4.79 Å². The molecule has 1 aromatic carbocycles. The van der Waals surface area contributed by atoms with Crippen LogP contribution in [-0.4, -0.2) is 30.7 Å². The Morgan fingerprint density at radius 3 is 2.79 bits per heavy atom. The van der Waals surface area contributed by atoms with Crippen LogP contribution >= 0.6 is 0 Å². The molecule has 0 heterocycles. The lowest BCUT2D eigenvalue weighted by Gasteiger charge is -2.23. The lowest BCUT2D eigenvalue weighted by atomic mass is 9.96. The van der Waals surface area contributed by atoms with Crippen LogP contribution in [0.5, 0.6) is 5.75 Å². The fraction of sp³-hybridized carbons (Fsp3) is 0.533. The monoisotopic (exact) mass is 264 g/mol. The van der Waals surface area contributed by atoms with E-state index in [9.17, 15) is 9.90 Å². The maximum atomic E-state index is 11.1. The molecule has 0 saturated heterocycles. The first-order valence-corrected chi connectivity index (χ1v) is 6.64. The minimum absolute atomic E-state index is 0.0953. The highest BCUT2D eigenvalue weighted by atomic mass is 16.5. The highest BCUT2D eigenvalue weighted by molar-refractivity contribution is 5.79. The van der Waals surface area contributed by atoms with Crippen molar-refractivity contribution in [1.29, 1.82) is 0 Å². The van der Waals surface area contributed by atoms with Gasteiger partial charge in [-0.1, -0.05) is 12.1 Å². The lowest BCUT2D eigenvalue weighted by molar-refractivity contribution is -0.123. The van der Waals surface area contributed by atoms with E-state index in [4.69, 9.17) is 9.47 Å². The Hall–Kier alpha value is -1.39. The number of ketones is 1. The summed E-state index contributed by atoms with van der Waals surface area (Å²) in [6.07, 6.45) is 2.17. The second kappa shape index (κ2) is 6.68. The van der Waals surface area contributed by atoms with E-state index in [2.05, 4.69) is 0 Å². The van der Waals surface area contributed by atoms with Gasteiger partial charge in [0.15, 0.2) is 0 Å². The van der Waals surface area contributed by atoms with Crippen molar-refractivity contribution in [2.45, 2.75) is 37.9 Å². The molecule has 1 aliphatic carbocycles. The van der Waals surface area contributed by atoms with E-state index < -0.39 is 6.10 Å². The van der Waals surface area contributed by atoms with Crippen LogP contribution in [0, 0.1) is 0 Å². The molecule has 0 aromatic heterocycles. The Morgan fingerprint density at radius 2 is 2.11 bits per heavy atom. The van der Waals surface area contributed by atoms with E-state index in [-0.39, 0.29) is 12.7 Å². The molecule has 2 rings (SSSR count). The molecular weight excluding hydrogens is 244 g/mol. The second-order valence-corrected chi connectivity index (χ2v) is 4.86. The van der Waals surface area contributed by atoms with Gasteiger partial charge in [-0.05, 0) is 30.5 Å². The van der Waals surface area contributed by atoms with Crippen molar-refractivity contribution in [3.8, 4) is 5.75 Å². The molecule has 0 radical (unpaired) electrons. The van der Waals surface area contributed by atoms with Gasteiger partial charge in [0.2, 0.25) is 0 Å². The number of ether oxygens (including phenoxy) is 2. The zero-order valence-corrected chi connectivity index (χ0v) is 11.2. The molecule has 1 saturated carbocycles. The van der Waals surface area contributed by atoms with E-state index in [1.54, 1.807) is 13.2 Å². The summed E-state index contributed by atoms with van der Waals surface area (Å²) in [5.41, 5.74) is 0.784. The molecule has 0 aliphatic heterocycles. The summed E-state index contributed by atoms with van der Waals surface area (Å²) >= 11 is 0. The average molecular weight is 264 g/mol. The molecule has 1 aliphatic rings. The first-order chi connectivity index (χ1) is 9.19. The van der Waals surface area contributed by atoms with Crippen LogP contribution in [0.3, 0.4) is 0 Å². The predicted octanol–water partition coefficient (Wildman–Crippen LogP) is 2.26. The van der Waals surface area contributed by atoms with Crippen molar-refractivity contribution in [2.24, 2.45) is 0 Å². The topological polar surface area (TPSA) is 55.8 Å². The van der Waals surface area contributed by atoms with Crippen LogP contribution in [0.15, 0.2) is 24.3 Å². The summed E-state index contributed by atoms with van der Waals surface area (Å²) in [4.78, 5) is 11.1. The number of methoxy groups -OCH3 is 1. The number of rotatable bonds is 5. The number of hydrogen-bond donors (Lipinski definition) is 1. The summed E-state index contributed by atoms with van der Waals surface area (Å²) in [5.74, 6) is 1.04. The van der Waals surface area contributed by atoms with Crippen molar-refractivity contribution in [2.75, 3.05) is 13.7 Å². The molecule has 1 fully saturated rings. The number of carbonyl (C=O) groups excluding carboxylic acids is 1. The van der Waals surface area contributed by atoms with Gasteiger partial charge in [-0.15, -0.1) is 0 Å². The van der Waals surface area contributed by atoms with Gasteiger partial charge < -0.3 is 14.6 Å². The van der Waals surface area contributed by atoms with Crippen LogP contribution < -0.4 is 4.74 Å². The molecule has 4 heteroatoms. The summed E-state index contributed by atoms with van der Waals surface area (Å²) in [5, 5.41) is 10.1. The number of aliphatic hydroxyl groups is 1. The van der Waals surface area contributed by atoms with Crippen LogP contribution in [0.2, 0.25) is 0 Å². The number of hydrogen-bond acceptors (Lipinski definition) is 4. The van der Waals surface area contributed by atoms with Crippen LogP contribution in [0.4, 0.5) is 0 Å². The first kappa shape index (κ1) is 14.0. The van der Waals surface area contributed by atoms with Gasteiger partial charge >= 0.3 is 0 Å². The number of aliphatic hydroxyl groups excluding tert-OH is 1. The van der Waals surface area contributed by atoms with E-state index in [1.807, 2.05) is 18.2 Å². The summed E-state index contributed by atoms with van der Waals surface area (Å²) in [6, 6.07) is 7.33. The third-order valence-corrected chi connectivity index (χ3v) is 3.46. The lowest BCUT2D eigenvalue weighted by Crippen LogP contribution is -2.23. The molecule has 0 amide bonds. The van der Waals surface area contributed by atoms with E-state index >= 15 is 0 Å². The molecule has 4 nitrogen and oxygen atoms in total. The van der Waals surface area contributed by atoms with E-state index in [0.717, 1.165) is 24.2 Å². The third kappa shape index (κ3) is 4.04. The highest BCUT2D eigenvalue weighted by Crippen LogP contribution is 2.22. The van der Waals surface area contributed by atoms with Gasteiger partial charge in [-0.2, -0.15) is 0 Å². The molecule has 1 unspecified atom stereocenters. The molecule has 1 N–H and O–H groups in total. The van der Waals surface area contributed by atoms with Crippen LogP contribution in [0.25, 0.3) is 0 Å². The Bertz CT molecular complexity index is 420. The Labute approximate surface area is 113 Å². The number of Topliss-reactive ketones (excluding diaryl/α,β-unsaturated/α-hetero) is 1. The molecule has 104 valence electrons. The maximum absolute atomic E-state index is 11.1. The molecule has 0 bridgehead atoms. The quantitative estimate of drug-likeness (QED) is 0.886. The minimum atomic E-state index is -0.660. The van der Waals surface area contributed by atoms with Crippen molar-refractivity contribution in [3.05, 3.63) is 29.8 Å². The molecule has 0 spiro atoms. The van der Waals surface area contributed by atoms with Gasteiger partial charge in [0.1, 0.15) is 17.6 Å². The Kier molecular flexibility index (Phi) is 4.93. The summed E-state index contributed by atoms with van der Waals surface area (Å²) < 4.78 is 10.8. The minimum Gasteiger partial charge on any atom is -0.497 e. The molecule has 19 heavy (non-hydrogen) atoms. The van der Waals surface area contributed by atoms with Crippen molar-refractivity contribution >= 4 is 5.78 Å². The fourth-order valence-electron chi connectivity index (χ4n) is 2.25. The predicted molar refractivity (Wildman–Crippen MR) is 71.2 cm³/mol. The van der Waals surface area contributed by atoms with Gasteiger partial charge in [-0.25, -0.2) is 0 Å². The second-order valence-electron chi connectivity index (χ2n) is 4.86. The van der Waals surface area contributed by atoms with Crippen molar-refractivity contribution < 1.29 is 19.4 Å². The van der Waals surface area contributed by atoms with E-state index in [1.165, 1.54) is 0 Å². The normalized spacial score (nSPS) is 18.3. The summed E-state index contributed by atoms with van der Waals surface area (Å²) in [7, 11) is 1.60. The molecule has 1 atom stereocenters. The van der Waals surface area contributed by atoms with Crippen LogP contribution in [-0.2, 0) is 9.53 Å². The van der Waals surface area contributed by atoms with Crippen molar-refractivity contribution in [1.82, 2.24) is 0 Å². The largest absolute Gasteiger partial charge is 0.497 e. The van der Waals surface area contributed by atoms with Crippen molar-refractivity contribution in [3.63, 3.8) is 0 Å². The molecule has 1 aromatic rings. The van der Waals surface area contributed by atoms with E-state index in [0.29, 0.717) is 18.6 Å². The fourth-order valence-corrected chi connectivity index (χ4v) is 2.25. The maximum Gasteiger partial charge on any atom is 0.133 e. The zero-order chi connectivity index (χ0) is 13.7. The van der Waals surface area contributed by atoms with Gasteiger partial charge in [0.05, 0.1) is 19.8 Å². The highest BCUT2D eigenvalue weighted by Gasteiger charge is 2.20.